The normalized spacial score (nSPS) is 22.7. The molecule has 1 amide bonds. The van der Waals surface area contributed by atoms with E-state index in [0.29, 0.717) is 11.4 Å². The summed E-state index contributed by atoms with van der Waals surface area (Å²) in [6.07, 6.45) is 1.70. The first-order valence-corrected chi connectivity index (χ1v) is 4.58. The van der Waals surface area contributed by atoms with E-state index in [1.807, 2.05) is 11.8 Å². The zero-order valence-electron chi connectivity index (χ0n) is 6.86. The summed E-state index contributed by atoms with van der Waals surface area (Å²) in [5, 5.41) is 8.87. The Morgan fingerprint density at radius 1 is 1.92 bits per heavy atom. The van der Waals surface area contributed by atoms with Gasteiger partial charge in [0.25, 0.3) is 5.91 Å². The Kier molecular flexibility index (Phi) is 2.99. The molecule has 0 aromatic heterocycles. The van der Waals surface area contributed by atoms with Gasteiger partial charge in [-0.05, 0) is 6.92 Å². The second kappa shape index (κ2) is 3.82. The molecule has 0 saturated heterocycles. The minimum Gasteiger partial charge on any atom is -0.395 e. The number of aliphatic hydroxyl groups is 1. The van der Waals surface area contributed by atoms with Gasteiger partial charge in [0.05, 0.1) is 16.9 Å². The van der Waals surface area contributed by atoms with Crippen molar-refractivity contribution >= 4 is 17.7 Å². The van der Waals surface area contributed by atoms with Crippen LogP contribution in [-0.2, 0) is 4.79 Å². The minimum atomic E-state index is -0.396. The van der Waals surface area contributed by atoms with Crippen LogP contribution in [0.25, 0.3) is 0 Å². The van der Waals surface area contributed by atoms with Crippen LogP contribution in [0.1, 0.15) is 6.92 Å². The average Bonchev–Trinajstić information content (AvgIpc) is 2.34. The first kappa shape index (κ1) is 9.41. The van der Waals surface area contributed by atoms with Crippen LogP contribution in [0.5, 0.6) is 0 Å². The lowest BCUT2D eigenvalue weighted by Crippen LogP contribution is -2.24. The van der Waals surface area contributed by atoms with Gasteiger partial charge in [-0.15, -0.1) is 0 Å². The van der Waals surface area contributed by atoms with Crippen molar-refractivity contribution in [2.75, 3.05) is 13.2 Å². The van der Waals surface area contributed by atoms with Gasteiger partial charge in [0.1, 0.15) is 0 Å². The van der Waals surface area contributed by atoms with Gasteiger partial charge in [0, 0.05) is 12.7 Å². The fourth-order valence-electron chi connectivity index (χ4n) is 1.02. The van der Waals surface area contributed by atoms with Crippen molar-refractivity contribution < 1.29 is 9.90 Å². The van der Waals surface area contributed by atoms with Crippen LogP contribution in [0, 0.1) is 0 Å². The van der Waals surface area contributed by atoms with E-state index in [2.05, 4.69) is 0 Å². The highest BCUT2D eigenvalue weighted by Gasteiger charge is 2.23. The first-order valence-electron chi connectivity index (χ1n) is 3.70. The summed E-state index contributed by atoms with van der Waals surface area (Å²) in [7, 11) is 0. The second-order valence-corrected chi connectivity index (χ2v) is 3.89. The summed E-state index contributed by atoms with van der Waals surface area (Å²) >= 11 is 1.42. The Bertz CT molecular complexity index is 217. The van der Waals surface area contributed by atoms with Crippen LogP contribution in [0.15, 0.2) is 11.1 Å². The molecule has 0 fully saturated rings. The molecular weight excluding hydrogens is 176 g/mol. The monoisotopic (exact) mass is 188 g/mol. The van der Waals surface area contributed by atoms with Gasteiger partial charge < -0.3 is 15.7 Å². The van der Waals surface area contributed by atoms with E-state index < -0.39 is 5.91 Å². The summed E-state index contributed by atoms with van der Waals surface area (Å²) in [5.74, 6) is -0.396. The molecule has 0 spiro atoms. The Hall–Kier alpha value is -0.680. The summed E-state index contributed by atoms with van der Waals surface area (Å²) in [6, 6.07) is 0. The number of rotatable bonds is 3. The number of primary amides is 1. The fraction of sp³-hybridized carbons (Fsp3) is 0.571. The molecule has 1 rings (SSSR count). The molecule has 1 heterocycles. The van der Waals surface area contributed by atoms with Crippen LogP contribution in [0.3, 0.4) is 0 Å². The number of carbonyl (C=O) groups excluding carboxylic acids is 1. The lowest BCUT2D eigenvalue weighted by molar-refractivity contribution is -0.113. The van der Waals surface area contributed by atoms with E-state index in [9.17, 15) is 4.79 Å². The van der Waals surface area contributed by atoms with E-state index >= 15 is 0 Å². The van der Waals surface area contributed by atoms with Crippen LogP contribution < -0.4 is 5.73 Å². The third-order valence-electron chi connectivity index (χ3n) is 1.65. The number of hydrogen-bond acceptors (Lipinski definition) is 4. The molecule has 0 bridgehead atoms. The summed E-state index contributed by atoms with van der Waals surface area (Å²) in [6.45, 7) is 2.60. The summed E-state index contributed by atoms with van der Waals surface area (Å²) in [4.78, 5) is 13.2. The molecule has 4 nitrogen and oxygen atoms in total. The molecule has 0 aromatic rings. The first-order chi connectivity index (χ1) is 5.65. The molecule has 0 saturated carbocycles. The van der Waals surface area contributed by atoms with Gasteiger partial charge in [-0.2, -0.15) is 0 Å². The molecule has 12 heavy (non-hydrogen) atoms. The van der Waals surface area contributed by atoms with E-state index in [1.165, 1.54) is 11.8 Å². The van der Waals surface area contributed by atoms with Crippen molar-refractivity contribution in [3.8, 4) is 0 Å². The summed E-state index contributed by atoms with van der Waals surface area (Å²) < 4.78 is 0. The molecule has 1 aliphatic heterocycles. The Labute approximate surface area is 75.4 Å². The molecule has 0 aliphatic carbocycles. The number of aliphatic hydroxyl groups excluding tert-OH is 1. The van der Waals surface area contributed by atoms with Gasteiger partial charge in [-0.25, -0.2) is 0 Å². The maximum absolute atomic E-state index is 10.7. The lowest BCUT2D eigenvalue weighted by atomic mass is 10.5. The fourth-order valence-corrected chi connectivity index (χ4v) is 2.00. The van der Waals surface area contributed by atoms with Gasteiger partial charge in [-0.1, -0.05) is 11.8 Å². The lowest BCUT2D eigenvalue weighted by Gasteiger charge is -2.19. The second-order valence-electron chi connectivity index (χ2n) is 2.54. The molecule has 0 radical (unpaired) electrons. The molecule has 1 unspecified atom stereocenters. The zero-order valence-corrected chi connectivity index (χ0v) is 7.67. The molecule has 1 atom stereocenters. The van der Waals surface area contributed by atoms with Crippen LogP contribution in [-0.4, -0.2) is 34.4 Å². The molecular formula is C7H12N2O2S. The van der Waals surface area contributed by atoms with E-state index in [-0.39, 0.29) is 12.0 Å². The Morgan fingerprint density at radius 3 is 3.00 bits per heavy atom. The smallest absolute Gasteiger partial charge is 0.256 e. The highest BCUT2D eigenvalue weighted by Crippen LogP contribution is 2.31. The zero-order chi connectivity index (χ0) is 9.14. The Balaban J connectivity index is 2.60. The minimum absolute atomic E-state index is 0.0907. The predicted molar refractivity (Wildman–Crippen MR) is 48.1 cm³/mol. The SMILES string of the molecule is CC1SC(C(N)=O)=CN1CCO. The van der Waals surface area contributed by atoms with Gasteiger partial charge in [0.2, 0.25) is 0 Å². The molecule has 1 aliphatic rings. The van der Waals surface area contributed by atoms with E-state index in [0.717, 1.165) is 0 Å². The molecule has 5 heteroatoms. The number of β-amino-alcohol motifs (C(OH)–C–C–N with tert-alkyl or cyclic N) is 1. The van der Waals surface area contributed by atoms with Crippen molar-refractivity contribution in [1.29, 1.82) is 0 Å². The largest absolute Gasteiger partial charge is 0.395 e. The maximum Gasteiger partial charge on any atom is 0.256 e. The van der Waals surface area contributed by atoms with Gasteiger partial charge in [0.15, 0.2) is 0 Å². The van der Waals surface area contributed by atoms with Crippen molar-refractivity contribution in [3.05, 3.63) is 11.1 Å². The number of hydrogen-bond donors (Lipinski definition) is 2. The van der Waals surface area contributed by atoms with Crippen LogP contribution >= 0.6 is 11.8 Å². The number of thioether (sulfide) groups is 1. The highest BCUT2D eigenvalue weighted by atomic mass is 32.2. The third-order valence-corrected chi connectivity index (χ3v) is 2.82. The van der Waals surface area contributed by atoms with Gasteiger partial charge in [-0.3, -0.25) is 4.79 Å². The van der Waals surface area contributed by atoms with Crippen LogP contribution in [0.2, 0.25) is 0 Å². The number of nitrogens with two attached hydrogens (primary N) is 1. The quantitative estimate of drug-likeness (QED) is 0.638. The maximum atomic E-state index is 10.7. The van der Waals surface area contributed by atoms with Gasteiger partial charge >= 0.3 is 0 Å². The summed E-state index contributed by atoms with van der Waals surface area (Å²) in [5.41, 5.74) is 5.10. The standard InChI is InChI=1S/C7H12N2O2S/c1-5-9(2-3-10)4-6(12-5)7(8)11/h4-5,10H,2-3H2,1H3,(H2,8,11). The third kappa shape index (κ3) is 1.92. The van der Waals surface area contributed by atoms with Crippen molar-refractivity contribution in [1.82, 2.24) is 4.90 Å². The Morgan fingerprint density at radius 2 is 2.58 bits per heavy atom. The van der Waals surface area contributed by atoms with Crippen molar-refractivity contribution in [2.45, 2.75) is 12.3 Å². The number of nitrogens with zero attached hydrogens (tertiary/aromatic N) is 1. The average molecular weight is 188 g/mol. The van der Waals surface area contributed by atoms with E-state index in [4.69, 9.17) is 10.8 Å². The molecule has 3 N–H and O–H groups in total. The number of amides is 1. The van der Waals surface area contributed by atoms with Crippen LogP contribution in [0.4, 0.5) is 0 Å². The predicted octanol–water partition coefficient (Wildman–Crippen LogP) is -0.300. The highest BCUT2D eigenvalue weighted by molar-refractivity contribution is 8.04. The topological polar surface area (TPSA) is 66.6 Å². The van der Waals surface area contributed by atoms with E-state index in [1.54, 1.807) is 6.20 Å². The molecule has 68 valence electrons. The number of carbonyl (C=O) groups is 1. The van der Waals surface area contributed by atoms with Crippen molar-refractivity contribution in [2.24, 2.45) is 5.73 Å². The van der Waals surface area contributed by atoms with Crippen molar-refractivity contribution in [3.63, 3.8) is 0 Å². The molecule has 0 aromatic carbocycles.